The van der Waals surface area contributed by atoms with Crippen molar-refractivity contribution in [1.29, 1.82) is 0 Å². The third-order valence-electron chi connectivity index (χ3n) is 2.57. The largest absolute Gasteiger partial charge is 0.496 e. The summed E-state index contributed by atoms with van der Waals surface area (Å²) >= 11 is 3.39. The summed E-state index contributed by atoms with van der Waals surface area (Å²) in [5.41, 5.74) is 3.53. The molecular weight excluding hydrogens is 310 g/mol. The number of hydrogen-bond acceptors (Lipinski definition) is 6. The lowest BCUT2D eigenvalue weighted by Gasteiger charge is -2.12. The minimum atomic E-state index is 0.525. The van der Waals surface area contributed by atoms with Crippen molar-refractivity contribution in [2.75, 3.05) is 17.9 Å². The zero-order valence-corrected chi connectivity index (χ0v) is 11.9. The fourth-order valence-electron chi connectivity index (χ4n) is 1.62. The number of hydrogen-bond donors (Lipinski definition) is 3. The second-order valence-electron chi connectivity index (χ2n) is 3.69. The smallest absolute Gasteiger partial charge is 0.159 e. The Morgan fingerprint density at radius 3 is 2.74 bits per heavy atom. The molecule has 0 bridgehead atoms. The first-order valence-corrected chi connectivity index (χ1v) is 6.38. The van der Waals surface area contributed by atoms with Crippen LogP contribution in [-0.4, -0.2) is 17.1 Å². The Bertz CT molecular complexity index is 564. The Balaban J connectivity index is 2.15. The van der Waals surface area contributed by atoms with Crippen molar-refractivity contribution in [3.63, 3.8) is 0 Å². The summed E-state index contributed by atoms with van der Waals surface area (Å²) in [6, 6.07) is 7.79. The van der Waals surface area contributed by atoms with E-state index in [0.29, 0.717) is 22.7 Å². The molecule has 0 spiro atoms. The third kappa shape index (κ3) is 3.12. The molecule has 0 saturated carbocycles. The number of rotatable bonds is 5. The standard InChI is InChI=1S/C12H14BrN5O/c1-19-9-5-3-2-4-8(9)6-15-11-10(13)12(18-14)17-7-16-11/h2-5,7H,6,14H2,1H3,(H2,15,16,17,18). The number of methoxy groups -OCH3 is 1. The van der Waals surface area contributed by atoms with Crippen LogP contribution in [0.2, 0.25) is 0 Å². The lowest BCUT2D eigenvalue weighted by atomic mass is 10.2. The van der Waals surface area contributed by atoms with Gasteiger partial charge in [0.25, 0.3) is 0 Å². The van der Waals surface area contributed by atoms with Gasteiger partial charge >= 0.3 is 0 Å². The summed E-state index contributed by atoms with van der Waals surface area (Å²) in [4.78, 5) is 8.14. The van der Waals surface area contributed by atoms with Gasteiger partial charge in [0.1, 0.15) is 22.4 Å². The molecule has 1 aromatic heterocycles. The molecule has 0 saturated heterocycles. The predicted octanol–water partition coefficient (Wildman–Crippen LogP) is 2.15. The van der Waals surface area contributed by atoms with E-state index >= 15 is 0 Å². The summed E-state index contributed by atoms with van der Waals surface area (Å²) in [6.45, 7) is 0.587. The van der Waals surface area contributed by atoms with Crippen LogP contribution in [0, 0.1) is 0 Å². The van der Waals surface area contributed by atoms with Crippen LogP contribution in [0.15, 0.2) is 35.1 Å². The van der Waals surface area contributed by atoms with Gasteiger partial charge in [-0.3, -0.25) is 0 Å². The molecule has 2 aromatic rings. The lowest BCUT2D eigenvalue weighted by molar-refractivity contribution is 0.410. The molecule has 0 atom stereocenters. The molecule has 4 N–H and O–H groups in total. The van der Waals surface area contributed by atoms with Gasteiger partial charge in [-0.15, -0.1) is 0 Å². The van der Waals surface area contributed by atoms with Gasteiger partial charge in [-0.25, -0.2) is 15.8 Å². The van der Waals surface area contributed by atoms with Crippen molar-refractivity contribution in [2.45, 2.75) is 6.54 Å². The Labute approximate surface area is 119 Å². The molecule has 0 amide bonds. The van der Waals surface area contributed by atoms with Gasteiger partial charge in [0.15, 0.2) is 5.82 Å². The summed E-state index contributed by atoms with van der Waals surface area (Å²) in [6.07, 6.45) is 1.44. The van der Waals surface area contributed by atoms with E-state index in [-0.39, 0.29) is 0 Å². The average molecular weight is 324 g/mol. The molecule has 0 aliphatic rings. The van der Waals surface area contributed by atoms with Gasteiger partial charge in [-0.1, -0.05) is 18.2 Å². The highest BCUT2D eigenvalue weighted by molar-refractivity contribution is 9.10. The fourth-order valence-corrected chi connectivity index (χ4v) is 2.08. The molecule has 0 aliphatic heterocycles. The quantitative estimate of drug-likeness (QED) is 0.577. The number of nitrogens with two attached hydrogens (primary N) is 1. The normalized spacial score (nSPS) is 10.1. The van der Waals surface area contributed by atoms with Gasteiger partial charge in [0.2, 0.25) is 0 Å². The summed E-state index contributed by atoms with van der Waals surface area (Å²) in [5.74, 6) is 7.37. The molecule has 2 rings (SSSR count). The number of para-hydroxylation sites is 1. The molecule has 0 fully saturated rings. The van der Waals surface area contributed by atoms with E-state index in [1.807, 2.05) is 24.3 Å². The van der Waals surface area contributed by atoms with Crippen LogP contribution in [0.4, 0.5) is 11.6 Å². The van der Waals surface area contributed by atoms with Gasteiger partial charge in [-0.2, -0.15) is 0 Å². The number of nitrogens with zero attached hydrogens (tertiary/aromatic N) is 2. The predicted molar refractivity (Wildman–Crippen MR) is 77.9 cm³/mol. The van der Waals surface area contributed by atoms with Crippen LogP contribution >= 0.6 is 15.9 Å². The highest BCUT2D eigenvalue weighted by atomic mass is 79.9. The molecule has 0 radical (unpaired) electrons. The first-order chi connectivity index (χ1) is 9.26. The van der Waals surface area contributed by atoms with E-state index in [1.54, 1.807) is 7.11 Å². The zero-order chi connectivity index (χ0) is 13.7. The van der Waals surface area contributed by atoms with Gasteiger partial charge in [0, 0.05) is 12.1 Å². The van der Waals surface area contributed by atoms with Gasteiger partial charge in [0.05, 0.1) is 7.11 Å². The van der Waals surface area contributed by atoms with E-state index in [0.717, 1.165) is 11.3 Å². The average Bonchev–Trinajstić information content (AvgIpc) is 2.46. The Morgan fingerprint density at radius 2 is 2.00 bits per heavy atom. The van der Waals surface area contributed by atoms with Crippen molar-refractivity contribution in [3.05, 3.63) is 40.6 Å². The molecule has 7 heteroatoms. The van der Waals surface area contributed by atoms with E-state index in [2.05, 4.69) is 36.6 Å². The summed E-state index contributed by atoms with van der Waals surface area (Å²) < 4.78 is 5.98. The van der Waals surface area contributed by atoms with Crippen LogP contribution in [0.5, 0.6) is 5.75 Å². The third-order valence-corrected chi connectivity index (χ3v) is 3.32. The SMILES string of the molecule is COc1ccccc1CNc1ncnc(NN)c1Br. The van der Waals surface area contributed by atoms with Crippen molar-refractivity contribution >= 4 is 27.6 Å². The number of anilines is 2. The first kappa shape index (κ1) is 13.6. The van der Waals surface area contributed by atoms with Crippen LogP contribution in [0.3, 0.4) is 0 Å². The van der Waals surface area contributed by atoms with E-state index < -0.39 is 0 Å². The molecule has 19 heavy (non-hydrogen) atoms. The van der Waals surface area contributed by atoms with Crippen LogP contribution in [0.1, 0.15) is 5.56 Å². The lowest BCUT2D eigenvalue weighted by Crippen LogP contribution is -2.11. The Kier molecular flexibility index (Phi) is 4.53. The first-order valence-electron chi connectivity index (χ1n) is 5.59. The van der Waals surface area contributed by atoms with E-state index in [9.17, 15) is 0 Å². The van der Waals surface area contributed by atoms with Crippen molar-refractivity contribution in [2.24, 2.45) is 5.84 Å². The maximum absolute atomic E-state index is 5.35. The minimum absolute atomic E-state index is 0.525. The maximum Gasteiger partial charge on any atom is 0.159 e. The second-order valence-corrected chi connectivity index (χ2v) is 4.49. The minimum Gasteiger partial charge on any atom is -0.496 e. The van der Waals surface area contributed by atoms with Crippen LogP contribution < -0.4 is 21.3 Å². The molecular formula is C12H14BrN5O. The van der Waals surface area contributed by atoms with E-state index in [4.69, 9.17) is 10.6 Å². The van der Waals surface area contributed by atoms with Crippen molar-refractivity contribution < 1.29 is 4.74 Å². The number of nitrogen functional groups attached to an aromatic ring is 1. The van der Waals surface area contributed by atoms with E-state index in [1.165, 1.54) is 6.33 Å². The summed E-state index contributed by atoms with van der Waals surface area (Å²) in [7, 11) is 1.65. The highest BCUT2D eigenvalue weighted by Gasteiger charge is 2.08. The number of ether oxygens (including phenoxy) is 1. The maximum atomic E-state index is 5.35. The number of aromatic nitrogens is 2. The number of halogens is 1. The fraction of sp³-hybridized carbons (Fsp3) is 0.167. The van der Waals surface area contributed by atoms with Crippen molar-refractivity contribution in [1.82, 2.24) is 9.97 Å². The molecule has 1 aromatic carbocycles. The molecule has 1 heterocycles. The number of benzene rings is 1. The zero-order valence-electron chi connectivity index (χ0n) is 10.4. The number of nitrogens with one attached hydrogen (secondary N) is 2. The van der Waals surface area contributed by atoms with Crippen LogP contribution in [-0.2, 0) is 6.54 Å². The Morgan fingerprint density at radius 1 is 1.26 bits per heavy atom. The molecule has 0 unspecified atom stereocenters. The molecule has 6 nitrogen and oxygen atoms in total. The number of hydrazine groups is 1. The van der Waals surface area contributed by atoms with Gasteiger partial charge < -0.3 is 15.5 Å². The Hall–Kier alpha value is -1.86. The van der Waals surface area contributed by atoms with Crippen LogP contribution in [0.25, 0.3) is 0 Å². The summed E-state index contributed by atoms with van der Waals surface area (Å²) in [5, 5.41) is 3.21. The van der Waals surface area contributed by atoms with Gasteiger partial charge in [-0.05, 0) is 22.0 Å². The topological polar surface area (TPSA) is 85.1 Å². The molecule has 100 valence electrons. The molecule has 0 aliphatic carbocycles. The monoisotopic (exact) mass is 323 g/mol. The second kappa shape index (κ2) is 6.35. The van der Waals surface area contributed by atoms with Crippen molar-refractivity contribution in [3.8, 4) is 5.75 Å². The highest BCUT2D eigenvalue weighted by Crippen LogP contribution is 2.27.